The molecular weight excluding hydrogens is 214 g/mol. The number of hydrogen-bond donors (Lipinski definition) is 2. The summed E-state index contributed by atoms with van der Waals surface area (Å²) in [4.78, 5) is 13.8. The van der Waals surface area contributed by atoms with E-state index in [-0.39, 0.29) is 6.03 Å². The lowest BCUT2D eigenvalue weighted by molar-refractivity contribution is 0.170. The Morgan fingerprint density at radius 1 is 1.29 bits per heavy atom. The summed E-state index contributed by atoms with van der Waals surface area (Å²) >= 11 is 0. The molecule has 2 rings (SSSR count). The SMILES string of the molecule is CC1CCCN(C(=O)NCCCNC2CC2)C1. The van der Waals surface area contributed by atoms with Crippen molar-refractivity contribution >= 4 is 6.03 Å². The summed E-state index contributed by atoms with van der Waals surface area (Å²) in [6.45, 7) is 5.90. The van der Waals surface area contributed by atoms with Gasteiger partial charge in [0.1, 0.15) is 0 Å². The van der Waals surface area contributed by atoms with E-state index in [1.165, 1.54) is 19.3 Å². The Morgan fingerprint density at radius 3 is 2.82 bits per heavy atom. The highest BCUT2D eigenvalue weighted by Crippen LogP contribution is 2.18. The van der Waals surface area contributed by atoms with Crippen LogP contribution in [0.4, 0.5) is 4.79 Å². The molecular formula is C13H25N3O. The van der Waals surface area contributed by atoms with Gasteiger partial charge in [0.25, 0.3) is 0 Å². The monoisotopic (exact) mass is 239 g/mol. The van der Waals surface area contributed by atoms with Gasteiger partial charge in [-0.3, -0.25) is 0 Å². The van der Waals surface area contributed by atoms with E-state index >= 15 is 0 Å². The van der Waals surface area contributed by atoms with Gasteiger partial charge in [-0.15, -0.1) is 0 Å². The molecule has 0 aromatic heterocycles. The van der Waals surface area contributed by atoms with Crippen LogP contribution in [0.15, 0.2) is 0 Å². The molecule has 2 N–H and O–H groups in total. The van der Waals surface area contributed by atoms with Crippen LogP contribution < -0.4 is 10.6 Å². The highest BCUT2D eigenvalue weighted by Gasteiger charge is 2.21. The number of hydrogen-bond acceptors (Lipinski definition) is 2. The molecule has 1 saturated heterocycles. The first-order valence-electron chi connectivity index (χ1n) is 7.02. The van der Waals surface area contributed by atoms with E-state index < -0.39 is 0 Å². The first kappa shape index (κ1) is 12.7. The smallest absolute Gasteiger partial charge is 0.317 e. The predicted octanol–water partition coefficient (Wildman–Crippen LogP) is 1.57. The van der Waals surface area contributed by atoms with Crippen molar-refractivity contribution < 1.29 is 4.79 Å². The fourth-order valence-corrected chi connectivity index (χ4v) is 2.36. The number of rotatable bonds is 5. The van der Waals surface area contributed by atoms with Crippen LogP contribution >= 0.6 is 0 Å². The van der Waals surface area contributed by atoms with E-state index in [1.54, 1.807) is 0 Å². The third kappa shape index (κ3) is 4.54. The van der Waals surface area contributed by atoms with Crippen LogP contribution in [0.3, 0.4) is 0 Å². The molecule has 0 aromatic carbocycles. The molecule has 1 unspecified atom stereocenters. The van der Waals surface area contributed by atoms with Crippen molar-refractivity contribution in [3.63, 3.8) is 0 Å². The normalized spacial score (nSPS) is 24.8. The quantitative estimate of drug-likeness (QED) is 0.715. The predicted molar refractivity (Wildman–Crippen MR) is 69.0 cm³/mol. The third-order valence-electron chi connectivity index (χ3n) is 3.58. The van der Waals surface area contributed by atoms with E-state index in [1.807, 2.05) is 4.90 Å². The molecule has 1 saturated carbocycles. The number of nitrogens with one attached hydrogen (secondary N) is 2. The van der Waals surface area contributed by atoms with Crippen LogP contribution in [0, 0.1) is 5.92 Å². The first-order chi connectivity index (χ1) is 8.25. The third-order valence-corrected chi connectivity index (χ3v) is 3.58. The van der Waals surface area contributed by atoms with Crippen LogP contribution in [0.1, 0.15) is 39.0 Å². The molecule has 1 heterocycles. The highest BCUT2D eigenvalue weighted by atomic mass is 16.2. The minimum absolute atomic E-state index is 0.128. The van der Waals surface area contributed by atoms with Gasteiger partial charge in [-0.05, 0) is 44.6 Å². The van der Waals surface area contributed by atoms with E-state index in [2.05, 4.69) is 17.6 Å². The summed E-state index contributed by atoms with van der Waals surface area (Å²) in [6, 6.07) is 0.900. The number of likely N-dealkylation sites (tertiary alicyclic amines) is 1. The van der Waals surface area contributed by atoms with Gasteiger partial charge in [-0.25, -0.2) is 4.79 Å². The number of nitrogens with zero attached hydrogens (tertiary/aromatic N) is 1. The van der Waals surface area contributed by atoms with Crippen molar-refractivity contribution in [2.75, 3.05) is 26.2 Å². The van der Waals surface area contributed by atoms with E-state index in [9.17, 15) is 4.79 Å². The molecule has 1 aliphatic heterocycles. The van der Waals surface area contributed by atoms with Gasteiger partial charge in [-0.2, -0.15) is 0 Å². The van der Waals surface area contributed by atoms with Gasteiger partial charge in [-0.1, -0.05) is 6.92 Å². The number of amides is 2. The standard InChI is InChI=1S/C13H25N3O/c1-11-4-2-9-16(10-11)13(17)15-8-3-7-14-12-5-6-12/h11-12,14H,2-10H2,1H3,(H,15,17). The van der Waals surface area contributed by atoms with Gasteiger partial charge in [0.15, 0.2) is 0 Å². The van der Waals surface area contributed by atoms with Crippen molar-refractivity contribution in [1.29, 1.82) is 0 Å². The number of carbonyl (C=O) groups excluding carboxylic acids is 1. The van der Waals surface area contributed by atoms with Crippen LogP contribution in [0.2, 0.25) is 0 Å². The molecule has 2 fully saturated rings. The van der Waals surface area contributed by atoms with Gasteiger partial charge in [0, 0.05) is 25.7 Å². The van der Waals surface area contributed by atoms with Crippen LogP contribution in [-0.4, -0.2) is 43.2 Å². The molecule has 0 spiro atoms. The zero-order chi connectivity index (χ0) is 12.1. The zero-order valence-corrected chi connectivity index (χ0v) is 10.9. The van der Waals surface area contributed by atoms with Crippen molar-refractivity contribution in [2.45, 2.75) is 45.1 Å². The minimum atomic E-state index is 0.128. The van der Waals surface area contributed by atoms with Gasteiger partial charge >= 0.3 is 6.03 Å². The van der Waals surface area contributed by atoms with Crippen LogP contribution in [0.5, 0.6) is 0 Å². The Morgan fingerprint density at radius 2 is 2.12 bits per heavy atom. The lowest BCUT2D eigenvalue weighted by atomic mass is 10.0. The molecule has 17 heavy (non-hydrogen) atoms. The van der Waals surface area contributed by atoms with Crippen molar-refractivity contribution in [3.05, 3.63) is 0 Å². The second-order valence-corrected chi connectivity index (χ2v) is 5.51. The minimum Gasteiger partial charge on any atom is -0.338 e. The highest BCUT2D eigenvalue weighted by molar-refractivity contribution is 5.74. The average molecular weight is 239 g/mol. The summed E-state index contributed by atoms with van der Waals surface area (Å²) in [5, 5.41) is 6.47. The van der Waals surface area contributed by atoms with E-state index in [0.717, 1.165) is 45.1 Å². The van der Waals surface area contributed by atoms with E-state index in [4.69, 9.17) is 0 Å². The topological polar surface area (TPSA) is 44.4 Å². The maximum absolute atomic E-state index is 11.8. The lowest BCUT2D eigenvalue weighted by Gasteiger charge is -2.30. The molecule has 4 nitrogen and oxygen atoms in total. The number of urea groups is 1. The molecule has 1 atom stereocenters. The zero-order valence-electron chi connectivity index (χ0n) is 10.9. The summed E-state index contributed by atoms with van der Waals surface area (Å²) in [5.74, 6) is 0.658. The average Bonchev–Trinajstić information content (AvgIpc) is 3.12. The number of carbonyl (C=O) groups is 1. The Kier molecular flexibility index (Phi) is 4.66. The molecule has 0 bridgehead atoms. The van der Waals surface area contributed by atoms with E-state index in [0.29, 0.717) is 5.92 Å². The summed E-state index contributed by atoms with van der Waals surface area (Å²) in [5.41, 5.74) is 0. The fraction of sp³-hybridized carbons (Fsp3) is 0.923. The second-order valence-electron chi connectivity index (χ2n) is 5.51. The van der Waals surface area contributed by atoms with Crippen LogP contribution in [-0.2, 0) is 0 Å². The molecule has 1 aliphatic carbocycles. The Hall–Kier alpha value is -0.770. The second kappa shape index (κ2) is 6.24. The lowest BCUT2D eigenvalue weighted by Crippen LogP contribution is -2.45. The van der Waals surface area contributed by atoms with Crippen molar-refractivity contribution in [1.82, 2.24) is 15.5 Å². The molecule has 4 heteroatoms. The molecule has 2 amide bonds. The maximum Gasteiger partial charge on any atom is 0.317 e. The molecule has 98 valence electrons. The Labute approximate surface area is 104 Å². The van der Waals surface area contributed by atoms with Gasteiger partial charge in [0.2, 0.25) is 0 Å². The molecule has 0 radical (unpaired) electrons. The fourth-order valence-electron chi connectivity index (χ4n) is 2.36. The Bertz CT molecular complexity index is 253. The largest absolute Gasteiger partial charge is 0.338 e. The number of piperidine rings is 1. The molecule has 2 aliphatic rings. The molecule has 0 aromatic rings. The first-order valence-corrected chi connectivity index (χ1v) is 7.02. The summed E-state index contributed by atoms with van der Waals surface area (Å²) in [6.07, 6.45) is 6.11. The van der Waals surface area contributed by atoms with Crippen molar-refractivity contribution in [3.8, 4) is 0 Å². The summed E-state index contributed by atoms with van der Waals surface area (Å²) < 4.78 is 0. The Balaban J connectivity index is 1.52. The maximum atomic E-state index is 11.8. The van der Waals surface area contributed by atoms with Gasteiger partial charge in [0.05, 0.1) is 0 Å². The van der Waals surface area contributed by atoms with Crippen LogP contribution in [0.25, 0.3) is 0 Å². The summed E-state index contributed by atoms with van der Waals surface area (Å²) in [7, 11) is 0. The van der Waals surface area contributed by atoms with Crippen molar-refractivity contribution in [2.24, 2.45) is 5.92 Å². The van der Waals surface area contributed by atoms with Gasteiger partial charge < -0.3 is 15.5 Å².